The summed E-state index contributed by atoms with van der Waals surface area (Å²) in [5, 5.41) is 7.52. The largest absolute Gasteiger partial charge is 0.308 e. The fourth-order valence-electron chi connectivity index (χ4n) is 1.84. The van der Waals surface area contributed by atoms with Crippen molar-refractivity contribution in [3.63, 3.8) is 0 Å². The lowest BCUT2D eigenvalue weighted by Crippen LogP contribution is -2.23. The van der Waals surface area contributed by atoms with Gasteiger partial charge in [0.1, 0.15) is 0 Å². The molecule has 2 heteroatoms. The molecule has 1 aromatic rings. The number of nitrogens with one attached hydrogen (secondary N) is 1. The van der Waals surface area contributed by atoms with Gasteiger partial charge in [-0.3, -0.25) is 4.90 Å². The molecule has 0 unspecified atom stereocenters. The minimum atomic E-state index is 0.882. The Kier molecular flexibility index (Phi) is 2.94. The lowest BCUT2D eigenvalue weighted by molar-refractivity contribution is 0.352. The summed E-state index contributed by atoms with van der Waals surface area (Å²) in [6.07, 6.45) is 2.07. The molecular formula is C12H16N2. The van der Waals surface area contributed by atoms with Gasteiger partial charge in [-0.1, -0.05) is 30.3 Å². The van der Waals surface area contributed by atoms with Crippen LogP contribution in [0.15, 0.2) is 30.3 Å². The van der Waals surface area contributed by atoms with Crippen molar-refractivity contribution >= 4 is 5.71 Å². The van der Waals surface area contributed by atoms with Crippen LogP contribution in [-0.4, -0.2) is 30.2 Å². The molecule has 0 aromatic heterocycles. The molecule has 1 heterocycles. The molecule has 1 aromatic carbocycles. The lowest BCUT2D eigenvalue weighted by Gasteiger charge is -2.13. The van der Waals surface area contributed by atoms with Crippen LogP contribution < -0.4 is 0 Å². The average Bonchev–Trinajstić information content (AvgIpc) is 2.63. The van der Waals surface area contributed by atoms with E-state index in [2.05, 4.69) is 35.2 Å². The number of likely N-dealkylation sites (tertiary alicyclic amines) is 1. The molecule has 0 amide bonds. The van der Waals surface area contributed by atoms with Crippen molar-refractivity contribution in [2.24, 2.45) is 0 Å². The van der Waals surface area contributed by atoms with E-state index in [4.69, 9.17) is 5.41 Å². The van der Waals surface area contributed by atoms with Crippen LogP contribution in [0.3, 0.4) is 0 Å². The molecule has 0 spiro atoms. The van der Waals surface area contributed by atoms with E-state index in [0.717, 1.165) is 38.2 Å². The molecule has 2 nitrogen and oxygen atoms in total. The van der Waals surface area contributed by atoms with E-state index in [1.807, 2.05) is 0 Å². The first-order chi connectivity index (χ1) is 6.84. The summed E-state index contributed by atoms with van der Waals surface area (Å²) in [5.74, 6) is 0. The molecule has 0 aliphatic carbocycles. The predicted octanol–water partition coefficient (Wildman–Crippen LogP) is 1.95. The van der Waals surface area contributed by atoms with E-state index >= 15 is 0 Å². The van der Waals surface area contributed by atoms with Gasteiger partial charge in [0, 0.05) is 25.3 Å². The molecule has 1 aliphatic rings. The molecule has 1 saturated heterocycles. The maximum atomic E-state index is 7.52. The monoisotopic (exact) mass is 188 g/mol. The summed E-state index contributed by atoms with van der Waals surface area (Å²) in [5.41, 5.74) is 2.28. The zero-order chi connectivity index (χ0) is 9.80. The molecule has 2 rings (SSSR count). The van der Waals surface area contributed by atoms with Gasteiger partial charge in [-0.05, 0) is 18.4 Å². The van der Waals surface area contributed by atoms with Crippen LogP contribution in [0.2, 0.25) is 0 Å². The van der Waals surface area contributed by atoms with Gasteiger partial charge in [0.2, 0.25) is 0 Å². The van der Waals surface area contributed by atoms with E-state index in [1.54, 1.807) is 0 Å². The topological polar surface area (TPSA) is 27.1 Å². The first kappa shape index (κ1) is 9.41. The predicted molar refractivity (Wildman–Crippen MR) is 58.9 cm³/mol. The van der Waals surface area contributed by atoms with Gasteiger partial charge in [-0.25, -0.2) is 0 Å². The molecule has 0 saturated carbocycles. The third kappa shape index (κ3) is 2.42. The van der Waals surface area contributed by atoms with E-state index in [0.29, 0.717) is 0 Å². The van der Waals surface area contributed by atoms with Crippen LogP contribution in [0.5, 0.6) is 0 Å². The van der Waals surface area contributed by atoms with Gasteiger partial charge in [-0.15, -0.1) is 0 Å². The van der Waals surface area contributed by atoms with Gasteiger partial charge in [0.15, 0.2) is 0 Å². The second-order valence-corrected chi connectivity index (χ2v) is 3.87. The Labute approximate surface area is 85.1 Å². The smallest absolute Gasteiger partial charge is 0.0361 e. The maximum absolute atomic E-state index is 7.52. The van der Waals surface area contributed by atoms with Crippen LogP contribution in [0, 0.1) is 5.41 Å². The van der Waals surface area contributed by atoms with Crippen LogP contribution in [0.25, 0.3) is 0 Å². The first-order valence-corrected chi connectivity index (χ1v) is 5.17. The highest BCUT2D eigenvalue weighted by Gasteiger charge is 2.15. The second kappa shape index (κ2) is 4.38. The van der Waals surface area contributed by atoms with Crippen LogP contribution in [0.1, 0.15) is 12.0 Å². The molecule has 0 radical (unpaired) electrons. The van der Waals surface area contributed by atoms with Crippen molar-refractivity contribution in [3.8, 4) is 0 Å². The summed E-state index contributed by atoms with van der Waals surface area (Å²) in [7, 11) is 0. The number of nitrogens with zero attached hydrogens (tertiary/aromatic N) is 1. The molecule has 1 N–H and O–H groups in total. The SMILES string of the molecule is N=C1CCN(CCc2ccccc2)C1. The maximum Gasteiger partial charge on any atom is 0.0361 e. The minimum absolute atomic E-state index is 0.882. The summed E-state index contributed by atoms with van der Waals surface area (Å²) >= 11 is 0. The third-order valence-corrected chi connectivity index (χ3v) is 2.70. The number of rotatable bonds is 3. The Hall–Kier alpha value is -1.15. The highest BCUT2D eigenvalue weighted by molar-refractivity contribution is 5.85. The molecule has 1 fully saturated rings. The van der Waals surface area contributed by atoms with Crippen LogP contribution >= 0.6 is 0 Å². The standard InChI is InChI=1S/C12H16N2/c13-12-7-9-14(10-12)8-6-11-4-2-1-3-5-11/h1-5,13H,6-10H2. The summed E-state index contributed by atoms with van der Waals surface area (Å²) < 4.78 is 0. The molecular weight excluding hydrogens is 172 g/mol. The second-order valence-electron chi connectivity index (χ2n) is 3.87. The van der Waals surface area contributed by atoms with Crippen molar-refractivity contribution in [2.75, 3.05) is 19.6 Å². The van der Waals surface area contributed by atoms with Crippen LogP contribution in [-0.2, 0) is 6.42 Å². The summed E-state index contributed by atoms with van der Waals surface area (Å²) in [6.45, 7) is 3.05. The van der Waals surface area contributed by atoms with Gasteiger partial charge in [0.25, 0.3) is 0 Å². The number of hydrogen-bond donors (Lipinski definition) is 1. The zero-order valence-corrected chi connectivity index (χ0v) is 8.37. The van der Waals surface area contributed by atoms with E-state index < -0.39 is 0 Å². The van der Waals surface area contributed by atoms with Crippen molar-refractivity contribution in [2.45, 2.75) is 12.8 Å². The molecule has 0 bridgehead atoms. The summed E-state index contributed by atoms with van der Waals surface area (Å²) in [4.78, 5) is 2.36. The van der Waals surface area contributed by atoms with Crippen molar-refractivity contribution in [1.82, 2.24) is 4.90 Å². The molecule has 74 valence electrons. The Morgan fingerprint density at radius 1 is 1.21 bits per heavy atom. The highest BCUT2D eigenvalue weighted by Crippen LogP contribution is 2.07. The van der Waals surface area contributed by atoms with Crippen molar-refractivity contribution in [3.05, 3.63) is 35.9 Å². The highest BCUT2D eigenvalue weighted by atomic mass is 15.1. The van der Waals surface area contributed by atoms with Gasteiger partial charge in [-0.2, -0.15) is 0 Å². The summed E-state index contributed by atoms with van der Waals surface area (Å²) in [6, 6.07) is 10.6. The fourth-order valence-corrected chi connectivity index (χ4v) is 1.84. The van der Waals surface area contributed by atoms with Crippen molar-refractivity contribution < 1.29 is 0 Å². The Morgan fingerprint density at radius 3 is 2.64 bits per heavy atom. The lowest BCUT2D eigenvalue weighted by atomic mass is 10.1. The molecule has 1 aliphatic heterocycles. The van der Waals surface area contributed by atoms with E-state index in [-0.39, 0.29) is 0 Å². The Bertz CT molecular complexity index is 305. The fraction of sp³-hybridized carbons (Fsp3) is 0.417. The number of benzene rings is 1. The average molecular weight is 188 g/mol. The normalized spacial score (nSPS) is 17.6. The van der Waals surface area contributed by atoms with E-state index in [1.165, 1.54) is 5.56 Å². The Balaban J connectivity index is 1.80. The van der Waals surface area contributed by atoms with Gasteiger partial charge < -0.3 is 5.41 Å². The van der Waals surface area contributed by atoms with Crippen LogP contribution in [0.4, 0.5) is 0 Å². The minimum Gasteiger partial charge on any atom is -0.308 e. The zero-order valence-electron chi connectivity index (χ0n) is 8.37. The van der Waals surface area contributed by atoms with Gasteiger partial charge in [0.05, 0.1) is 0 Å². The quantitative estimate of drug-likeness (QED) is 0.771. The number of hydrogen-bond acceptors (Lipinski definition) is 2. The van der Waals surface area contributed by atoms with E-state index in [9.17, 15) is 0 Å². The van der Waals surface area contributed by atoms with Gasteiger partial charge >= 0.3 is 0 Å². The third-order valence-electron chi connectivity index (χ3n) is 2.70. The molecule has 14 heavy (non-hydrogen) atoms. The first-order valence-electron chi connectivity index (χ1n) is 5.17. The molecule has 0 atom stereocenters. The van der Waals surface area contributed by atoms with Crippen molar-refractivity contribution in [1.29, 1.82) is 5.41 Å². The Morgan fingerprint density at radius 2 is 2.00 bits per heavy atom.